The second-order valence-corrected chi connectivity index (χ2v) is 6.69. The topological polar surface area (TPSA) is 68.0 Å². The van der Waals surface area contributed by atoms with Crippen LogP contribution in [0.5, 0.6) is 0 Å². The summed E-state index contributed by atoms with van der Waals surface area (Å²) in [5.41, 5.74) is 3.83. The summed E-state index contributed by atoms with van der Waals surface area (Å²) >= 11 is 0. The normalized spacial score (nSPS) is 15.6. The fourth-order valence-corrected chi connectivity index (χ4v) is 3.24. The van der Waals surface area contributed by atoms with Crippen LogP contribution < -0.4 is 5.32 Å². The minimum Gasteiger partial charge on any atom is -0.350 e. The molecule has 1 aliphatic carbocycles. The van der Waals surface area contributed by atoms with Gasteiger partial charge in [-0.15, -0.1) is 5.10 Å². The molecule has 6 heteroatoms. The molecule has 6 nitrogen and oxygen atoms in total. The zero-order chi connectivity index (χ0) is 16.8. The molecule has 0 aliphatic heterocycles. The molecule has 124 valence electrons. The standard InChI is InChI=1S/C19H18N6/c1-12(13-4-5-13)23-19-22-11-17-16(6-8-25(17)24-19)15-9-14-3-2-7-20-18(14)21-10-15/h2-3,6-13H,4-5H2,1H3,(H,23,24)/t12-/m1/s1. The van der Waals surface area contributed by atoms with Crippen molar-refractivity contribution in [2.75, 3.05) is 5.32 Å². The average molecular weight is 330 g/mol. The third-order valence-corrected chi connectivity index (χ3v) is 4.87. The van der Waals surface area contributed by atoms with Crippen molar-refractivity contribution in [2.45, 2.75) is 25.8 Å². The van der Waals surface area contributed by atoms with Gasteiger partial charge in [-0.1, -0.05) is 0 Å². The highest BCUT2D eigenvalue weighted by molar-refractivity contribution is 5.86. The fraction of sp³-hybridized carbons (Fsp3) is 0.263. The number of rotatable bonds is 4. The van der Waals surface area contributed by atoms with Gasteiger partial charge >= 0.3 is 0 Å². The Hall–Kier alpha value is -3.02. The average Bonchev–Trinajstić information content (AvgIpc) is 3.41. The predicted octanol–water partition coefficient (Wildman–Crippen LogP) is 3.55. The third kappa shape index (κ3) is 2.59. The van der Waals surface area contributed by atoms with Crippen LogP contribution in [0.3, 0.4) is 0 Å². The number of hydrogen-bond acceptors (Lipinski definition) is 5. The van der Waals surface area contributed by atoms with Crippen LogP contribution in [-0.2, 0) is 0 Å². The smallest absolute Gasteiger partial charge is 0.241 e. The highest BCUT2D eigenvalue weighted by Crippen LogP contribution is 2.33. The van der Waals surface area contributed by atoms with Crippen molar-refractivity contribution in [3.63, 3.8) is 0 Å². The molecule has 4 heterocycles. The molecule has 0 radical (unpaired) electrons. The Balaban J connectivity index is 1.52. The van der Waals surface area contributed by atoms with E-state index in [4.69, 9.17) is 0 Å². The van der Waals surface area contributed by atoms with Crippen LogP contribution >= 0.6 is 0 Å². The van der Waals surface area contributed by atoms with Gasteiger partial charge in [0.2, 0.25) is 5.95 Å². The largest absolute Gasteiger partial charge is 0.350 e. The molecule has 1 N–H and O–H groups in total. The minimum atomic E-state index is 0.421. The lowest BCUT2D eigenvalue weighted by Crippen LogP contribution is -2.19. The number of hydrogen-bond donors (Lipinski definition) is 1. The van der Waals surface area contributed by atoms with E-state index in [1.165, 1.54) is 12.8 Å². The summed E-state index contributed by atoms with van der Waals surface area (Å²) in [4.78, 5) is 13.2. The number of pyridine rings is 2. The Kier molecular flexibility index (Phi) is 3.16. The van der Waals surface area contributed by atoms with E-state index >= 15 is 0 Å². The van der Waals surface area contributed by atoms with Crippen LogP contribution in [0.4, 0.5) is 5.95 Å². The molecular weight excluding hydrogens is 312 g/mol. The van der Waals surface area contributed by atoms with Crippen molar-refractivity contribution in [1.29, 1.82) is 0 Å². The second kappa shape index (κ2) is 5.51. The molecular formula is C19H18N6. The molecule has 25 heavy (non-hydrogen) atoms. The van der Waals surface area contributed by atoms with Crippen LogP contribution in [0.25, 0.3) is 27.7 Å². The van der Waals surface area contributed by atoms with Crippen LogP contribution in [0.15, 0.2) is 49.1 Å². The number of aromatic nitrogens is 5. The van der Waals surface area contributed by atoms with Crippen LogP contribution in [-0.4, -0.2) is 30.6 Å². The zero-order valence-electron chi connectivity index (χ0n) is 13.9. The van der Waals surface area contributed by atoms with E-state index < -0.39 is 0 Å². The summed E-state index contributed by atoms with van der Waals surface area (Å²) in [5, 5.41) is 9.03. The lowest BCUT2D eigenvalue weighted by atomic mass is 10.1. The van der Waals surface area contributed by atoms with Gasteiger partial charge in [0.1, 0.15) is 0 Å². The second-order valence-electron chi connectivity index (χ2n) is 6.69. The van der Waals surface area contributed by atoms with E-state index in [1.54, 1.807) is 6.20 Å². The summed E-state index contributed by atoms with van der Waals surface area (Å²) in [6.45, 7) is 2.20. The van der Waals surface area contributed by atoms with Crippen LogP contribution in [0.1, 0.15) is 19.8 Å². The van der Waals surface area contributed by atoms with Gasteiger partial charge in [-0.3, -0.25) is 0 Å². The van der Waals surface area contributed by atoms with Crippen LogP contribution in [0, 0.1) is 5.92 Å². The van der Waals surface area contributed by atoms with Crippen molar-refractivity contribution in [2.24, 2.45) is 5.92 Å². The molecule has 1 fully saturated rings. The summed E-state index contributed by atoms with van der Waals surface area (Å²) in [6.07, 6.45) is 10.0. The summed E-state index contributed by atoms with van der Waals surface area (Å²) in [7, 11) is 0. The van der Waals surface area contributed by atoms with Gasteiger partial charge in [0.05, 0.1) is 11.7 Å². The van der Waals surface area contributed by atoms with Gasteiger partial charge in [0.25, 0.3) is 0 Å². The predicted molar refractivity (Wildman–Crippen MR) is 97.3 cm³/mol. The molecule has 0 saturated heterocycles. The number of anilines is 1. The fourth-order valence-electron chi connectivity index (χ4n) is 3.24. The lowest BCUT2D eigenvalue weighted by molar-refractivity contribution is 0.681. The summed E-state index contributed by atoms with van der Waals surface area (Å²) < 4.78 is 1.87. The van der Waals surface area contributed by atoms with Gasteiger partial charge in [0, 0.05) is 41.1 Å². The van der Waals surface area contributed by atoms with E-state index in [1.807, 2.05) is 35.2 Å². The Bertz CT molecular complexity index is 1070. The van der Waals surface area contributed by atoms with Gasteiger partial charge < -0.3 is 5.32 Å². The van der Waals surface area contributed by atoms with Crippen molar-refractivity contribution in [1.82, 2.24) is 24.6 Å². The Labute approximate surface area is 145 Å². The summed E-state index contributed by atoms with van der Waals surface area (Å²) in [5.74, 6) is 1.44. The molecule has 0 spiro atoms. The van der Waals surface area contributed by atoms with E-state index in [0.717, 1.165) is 33.6 Å². The monoisotopic (exact) mass is 330 g/mol. The Morgan fingerprint density at radius 1 is 1.16 bits per heavy atom. The molecule has 0 amide bonds. The van der Waals surface area contributed by atoms with Gasteiger partial charge in [-0.2, -0.15) is 0 Å². The van der Waals surface area contributed by atoms with Gasteiger partial charge in [-0.25, -0.2) is 19.5 Å². The highest BCUT2D eigenvalue weighted by atomic mass is 15.3. The Morgan fingerprint density at radius 2 is 2.08 bits per heavy atom. The van der Waals surface area contributed by atoms with E-state index in [2.05, 4.69) is 44.4 Å². The van der Waals surface area contributed by atoms with Crippen molar-refractivity contribution >= 4 is 22.5 Å². The summed E-state index contributed by atoms with van der Waals surface area (Å²) in [6, 6.07) is 8.52. The number of nitrogens with zero attached hydrogens (tertiary/aromatic N) is 5. The first-order chi connectivity index (χ1) is 12.3. The van der Waals surface area contributed by atoms with Gasteiger partial charge in [0.15, 0.2) is 5.65 Å². The molecule has 5 rings (SSSR count). The minimum absolute atomic E-state index is 0.421. The van der Waals surface area contributed by atoms with Crippen molar-refractivity contribution in [3.8, 4) is 11.1 Å². The quantitative estimate of drug-likeness (QED) is 0.620. The number of nitrogens with one attached hydrogen (secondary N) is 1. The highest BCUT2D eigenvalue weighted by Gasteiger charge is 2.28. The molecule has 1 aliphatic rings. The molecule has 1 saturated carbocycles. The molecule has 4 aromatic rings. The molecule has 1 atom stereocenters. The first-order valence-electron chi connectivity index (χ1n) is 8.60. The maximum atomic E-state index is 4.60. The van der Waals surface area contributed by atoms with Crippen LogP contribution in [0.2, 0.25) is 0 Å². The van der Waals surface area contributed by atoms with E-state index in [0.29, 0.717) is 12.0 Å². The Morgan fingerprint density at radius 3 is 2.96 bits per heavy atom. The zero-order valence-corrected chi connectivity index (χ0v) is 13.9. The van der Waals surface area contributed by atoms with Crippen molar-refractivity contribution in [3.05, 3.63) is 49.1 Å². The molecule has 4 aromatic heterocycles. The molecule has 0 unspecified atom stereocenters. The first-order valence-corrected chi connectivity index (χ1v) is 8.60. The first kappa shape index (κ1) is 14.3. The molecule has 0 aromatic carbocycles. The maximum absolute atomic E-state index is 4.60. The number of fused-ring (bicyclic) bond motifs is 2. The SMILES string of the molecule is C[C@@H](Nc1ncc2c(-c3cnc4ncccc4c3)ccn2n1)C1CC1. The van der Waals surface area contributed by atoms with Gasteiger partial charge in [-0.05, 0) is 49.9 Å². The van der Waals surface area contributed by atoms with E-state index in [9.17, 15) is 0 Å². The van der Waals surface area contributed by atoms with E-state index in [-0.39, 0.29) is 0 Å². The third-order valence-electron chi connectivity index (χ3n) is 4.87. The van der Waals surface area contributed by atoms with Crippen molar-refractivity contribution < 1.29 is 0 Å². The molecule has 0 bridgehead atoms. The lowest BCUT2D eigenvalue weighted by Gasteiger charge is -2.12. The maximum Gasteiger partial charge on any atom is 0.241 e.